The van der Waals surface area contributed by atoms with Crippen LogP contribution in [0.15, 0.2) is 53.4 Å². The van der Waals surface area contributed by atoms with Gasteiger partial charge in [0.1, 0.15) is 23.7 Å². The third kappa shape index (κ3) is 5.33. The average Bonchev–Trinajstić information content (AvgIpc) is 2.85. The van der Waals surface area contributed by atoms with Gasteiger partial charge in [0, 0.05) is 31.7 Å². The maximum absolute atomic E-state index is 13.6. The van der Waals surface area contributed by atoms with E-state index in [0.29, 0.717) is 19.4 Å². The van der Waals surface area contributed by atoms with E-state index in [2.05, 4.69) is 10.6 Å². The Morgan fingerprint density at radius 2 is 1.77 bits per heavy atom. The first-order chi connectivity index (χ1) is 16.7. The molecule has 2 saturated heterocycles. The van der Waals surface area contributed by atoms with E-state index in [1.54, 1.807) is 0 Å². The molecule has 0 aliphatic carbocycles. The van der Waals surface area contributed by atoms with Gasteiger partial charge in [0.25, 0.3) is 5.91 Å². The molecule has 2 aromatic carbocycles. The van der Waals surface area contributed by atoms with E-state index in [1.165, 1.54) is 23.1 Å². The number of piperazine rings is 1. The molecule has 2 aliphatic rings. The summed E-state index contributed by atoms with van der Waals surface area (Å²) in [6.45, 7) is -0.106. The number of hydrogen-bond acceptors (Lipinski definition) is 5. The third-order valence-electron chi connectivity index (χ3n) is 6.01. The predicted octanol–water partition coefficient (Wildman–Crippen LogP) is 0.875. The average molecular weight is 507 g/mol. The van der Waals surface area contributed by atoms with Gasteiger partial charge in [0.2, 0.25) is 21.8 Å². The van der Waals surface area contributed by atoms with Crippen LogP contribution < -0.4 is 10.6 Å². The standard InChI is InChI=1S/C23H24F2N4O5S/c24-16-6-8-18(9-7-16)35(33,34)29-12-11-28(23(32)15-3-1-4-17(25)13-15)14-20(29)22(31)27-19-5-2-10-26-21(19)30/h1,3-4,6-9,13,19-20H,2,5,10-12,14H2,(H,26,30)(H,27,31)/t19-,20+/m0/s1. The summed E-state index contributed by atoms with van der Waals surface area (Å²) in [5, 5.41) is 5.24. The minimum Gasteiger partial charge on any atom is -0.354 e. The summed E-state index contributed by atoms with van der Waals surface area (Å²) in [5.41, 5.74) is 0.0608. The third-order valence-corrected chi connectivity index (χ3v) is 7.94. The number of halogens is 2. The van der Waals surface area contributed by atoms with Crippen molar-refractivity contribution in [1.29, 1.82) is 0 Å². The second-order valence-corrected chi connectivity index (χ2v) is 10.2. The van der Waals surface area contributed by atoms with E-state index >= 15 is 0 Å². The van der Waals surface area contributed by atoms with Crippen molar-refractivity contribution >= 4 is 27.7 Å². The fraction of sp³-hybridized carbons (Fsp3) is 0.348. The van der Waals surface area contributed by atoms with E-state index in [-0.39, 0.29) is 36.0 Å². The van der Waals surface area contributed by atoms with Crippen LogP contribution in [0.4, 0.5) is 8.78 Å². The van der Waals surface area contributed by atoms with Gasteiger partial charge in [-0.2, -0.15) is 4.31 Å². The van der Waals surface area contributed by atoms with Crippen LogP contribution in [0.1, 0.15) is 23.2 Å². The van der Waals surface area contributed by atoms with Crippen LogP contribution in [0.3, 0.4) is 0 Å². The van der Waals surface area contributed by atoms with Gasteiger partial charge in [-0.1, -0.05) is 6.07 Å². The zero-order valence-electron chi connectivity index (χ0n) is 18.6. The quantitative estimate of drug-likeness (QED) is 0.625. The monoisotopic (exact) mass is 506 g/mol. The van der Waals surface area contributed by atoms with Gasteiger partial charge in [-0.25, -0.2) is 17.2 Å². The molecule has 2 aromatic rings. The van der Waals surface area contributed by atoms with Gasteiger partial charge in [-0.05, 0) is 55.3 Å². The molecule has 0 aromatic heterocycles. The SMILES string of the molecule is O=C1NCCC[C@@H]1NC(=O)[C@H]1CN(C(=O)c2cccc(F)c2)CCN1S(=O)(=O)c1ccc(F)cc1. The van der Waals surface area contributed by atoms with Gasteiger partial charge in [0.05, 0.1) is 4.90 Å². The molecule has 0 bridgehead atoms. The van der Waals surface area contributed by atoms with Crippen molar-refractivity contribution in [2.24, 2.45) is 0 Å². The first-order valence-corrected chi connectivity index (χ1v) is 12.5. The fourth-order valence-corrected chi connectivity index (χ4v) is 5.75. The molecular weight excluding hydrogens is 482 g/mol. The molecule has 0 spiro atoms. The maximum atomic E-state index is 13.6. The van der Waals surface area contributed by atoms with E-state index < -0.39 is 45.6 Å². The Morgan fingerprint density at radius 1 is 1.03 bits per heavy atom. The van der Waals surface area contributed by atoms with Crippen molar-refractivity contribution in [2.75, 3.05) is 26.2 Å². The molecule has 2 N–H and O–H groups in total. The summed E-state index contributed by atoms with van der Waals surface area (Å²) in [7, 11) is -4.24. The molecule has 2 atom stereocenters. The highest BCUT2D eigenvalue weighted by Crippen LogP contribution is 2.24. The van der Waals surface area contributed by atoms with Crippen LogP contribution in [0.5, 0.6) is 0 Å². The number of nitrogens with one attached hydrogen (secondary N) is 2. The number of piperidine rings is 1. The number of hydrogen-bond donors (Lipinski definition) is 2. The van der Waals surface area contributed by atoms with Crippen molar-refractivity contribution < 1.29 is 31.6 Å². The van der Waals surface area contributed by atoms with Crippen LogP contribution >= 0.6 is 0 Å². The Morgan fingerprint density at radius 3 is 2.46 bits per heavy atom. The zero-order chi connectivity index (χ0) is 25.2. The van der Waals surface area contributed by atoms with Gasteiger partial charge in [0.15, 0.2) is 0 Å². The van der Waals surface area contributed by atoms with Crippen molar-refractivity contribution in [3.05, 3.63) is 65.7 Å². The Bertz CT molecular complexity index is 1240. The van der Waals surface area contributed by atoms with Crippen molar-refractivity contribution in [3.8, 4) is 0 Å². The fourth-order valence-electron chi connectivity index (χ4n) is 4.18. The van der Waals surface area contributed by atoms with E-state index in [0.717, 1.165) is 34.6 Å². The topological polar surface area (TPSA) is 116 Å². The maximum Gasteiger partial charge on any atom is 0.254 e. The molecule has 186 valence electrons. The summed E-state index contributed by atoms with van der Waals surface area (Å²) in [5.74, 6) is -2.90. The lowest BCUT2D eigenvalue weighted by molar-refractivity contribution is -0.132. The van der Waals surface area contributed by atoms with E-state index in [4.69, 9.17) is 0 Å². The minimum atomic E-state index is -4.24. The lowest BCUT2D eigenvalue weighted by Crippen LogP contribution is -2.63. The first-order valence-electron chi connectivity index (χ1n) is 11.1. The molecule has 2 fully saturated rings. The lowest BCUT2D eigenvalue weighted by atomic mass is 10.1. The van der Waals surface area contributed by atoms with Crippen molar-refractivity contribution in [2.45, 2.75) is 29.8 Å². The van der Waals surface area contributed by atoms with Crippen LogP contribution in [0, 0.1) is 11.6 Å². The molecule has 2 heterocycles. The van der Waals surface area contributed by atoms with Crippen LogP contribution in [0.25, 0.3) is 0 Å². The number of sulfonamides is 1. The molecule has 9 nitrogen and oxygen atoms in total. The number of nitrogens with zero attached hydrogens (tertiary/aromatic N) is 2. The zero-order valence-corrected chi connectivity index (χ0v) is 19.4. The van der Waals surface area contributed by atoms with Gasteiger partial charge in [-0.15, -0.1) is 0 Å². The minimum absolute atomic E-state index is 0.0521. The molecule has 0 radical (unpaired) electrons. The summed E-state index contributed by atoms with van der Waals surface area (Å²) in [6, 6.07) is 7.05. The first kappa shape index (κ1) is 24.7. The summed E-state index contributed by atoms with van der Waals surface area (Å²) >= 11 is 0. The smallest absolute Gasteiger partial charge is 0.254 e. The normalized spacial score (nSPS) is 21.3. The van der Waals surface area contributed by atoms with Gasteiger partial charge < -0.3 is 15.5 Å². The van der Waals surface area contributed by atoms with Gasteiger partial charge in [-0.3, -0.25) is 14.4 Å². The summed E-state index contributed by atoms with van der Waals surface area (Å²) < 4.78 is 54.7. The second-order valence-electron chi connectivity index (χ2n) is 8.34. The Kier molecular flexibility index (Phi) is 7.13. The Hall–Kier alpha value is -3.38. The number of carbonyl (C=O) groups is 3. The van der Waals surface area contributed by atoms with E-state index in [1.807, 2.05) is 0 Å². The van der Waals surface area contributed by atoms with E-state index in [9.17, 15) is 31.6 Å². The second kappa shape index (κ2) is 10.1. The molecule has 12 heteroatoms. The molecule has 2 aliphatic heterocycles. The molecule has 0 saturated carbocycles. The number of benzene rings is 2. The van der Waals surface area contributed by atoms with Crippen LogP contribution in [-0.2, 0) is 19.6 Å². The largest absolute Gasteiger partial charge is 0.354 e. The molecular formula is C23H24F2N4O5S. The highest BCUT2D eigenvalue weighted by atomic mass is 32.2. The molecule has 4 rings (SSSR count). The number of amides is 3. The highest BCUT2D eigenvalue weighted by molar-refractivity contribution is 7.89. The van der Waals surface area contributed by atoms with Gasteiger partial charge >= 0.3 is 0 Å². The lowest BCUT2D eigenvalue weighted by Gasteiger charge is -2.40. The molecule has 3 amide bonds. The summed E-state index contributed by atoms with van der Waals surface area (Å²) in [6.07, 6.45) is 1.03. The number of carbonyl (C=O) groups excluding carboxylic acids is 3. The Labute approximate surface area is 201 Å². The van der Waals surface area contributed by atoms with Crippen LogP contribution in [-0.4, -0.2) is 73.6 Å². The Balaban J connectivity index is 1.62. The van der Waals surface area contributed by atoms with Crippen molar-refractivity contribution in [1.82, 2.24) is 19.8 Å². The summed E-state index contributed by atoms with van der Waals surface area (Å²) in [4.78, 5) is 39.4. The molecule has 0 unspecified atom stereocenters. The number of rotatable bonds is 5. The molecule has 35 heavy (non-hydrogen) atoms. The predicted molar refractivity (Wildman–Crippen MR) is 121 cm³/mol. The van der Waals surface area contributed by atoms with Crippen LogP contribution in [0.2, 0.25) is 0 Å². The highest BCUT2D eigenvalue weighted by Gasteiger charge is 2.42. The van der Waals surface area contributed by atoms with Crippen molar-refractivity contribution in [3.63, 3.8) is 0 Å².